The summed E-state index contributed by atoms with van der Waals surface area (Å²) < 4.78 is 7.41. The van der Waals surface area contributed by atoms with Gasteiger partial charge in [0, 0.05) is 24.5 Å². The molecule has 26 heavy (non-hydrogen) atoms. The number of amides is 1. The van der Waals surface area contributed by atoms with Gasteiger partial charge in [-0.15, -0.1) is 10.2 Å². The fourth-order valence-corrected chi connectivity index (χ4v) is 3.16. The van der Waals surface area contributed by atoms with Crippen LogP contribution in [0.15, 0.2) is 52.5 Å². The molecule has 1 N–H and O–H groups in total. The average molecular weight is 371 g/mol. The Kier molecular flexibility index (Phi) is 6.43. The Morgan fingerprint density at radius 1 is 1.31 bits per heavy atom. The largest absolute Gasteiger partial charge is 0.467 e. The minimum absolute atomic E-state index is 0.000994. The van der Waals surface area contributed by atoms with Gasteiger partial charge in [0.1, 0.15) is 5.76 Å². The fourth-order valence-electron chi connectivity index (χ4n) is 2.39. The first-order valence-electron chi connectivity index (χ1n) is 8.53. The molecule has 0 aliphatic rings. The summed E-state index contributed by atoms with van der Waals surface area (Å²) >= 11 is 1.37. The van der Waals surface area contributed by atoms with Crippen LogP contribution in [0.2, 0.25) is 0 Å². The summed E-state index contributed by atoms with van der Waals surface area (Å²) in [6.45, 7) is 3.29. The van der Waals surface area contributed by atoms with Gasteiger partial charge in [-0.05, 0) is 30.7 Å². The van der Waals surface area contributed by atoms with Crippen LogP contribution in [0, 0.1) is 0 Å². The van der Waals surface area contributed by atoms with Crippen LogP contribution in [0.4, 0.5) is 0 Å². The standard InChI is InChI=1S/C18H21N5O2S/c1-2-3-9-20-16(24)13-26-18-22-21-17(14-6-4-8-19-11-14)23(18)12-15-7-5-10-25-15/h4-8,10-11H,2-3,9,12-13H2,1H3,(H,20,24). The molecule has 0 aliphatic carbocycles. The molecular weight excluding hydrogens is 350 g/mol. The quantitative estimate of drug-likeness (QED) is 0.460. The molecule has 0 aromatic carbocycles. The number of rotatable bonds is 9. The smallest absolute Gasteiger partial charge is 0.230 e. The molecule has 0 fully saturated rings. The molecule has 0 radical (unpaired) electrons. The molecule has 0 spiro atoms. The highest BCUT2D eigenvalue weighted by Gasteiger charge is 2.17. The van der Waals surface area contributed by atoms with E-state index in [0.29, 0.717) is 29.8 Å². The number of carbonyl (C=O) groups is 1. The topological polar surface area (TPSA) is 85.8 Å². The monoisotopic (exact) mass is 371 g/mol. The summed E-state index contributed by atoms with van der Waals surface area (Å²) in [5.74, 6) is 1.79. The van der Waals surface area contributed by atoms with Crippen molar-refractivity contribution in [3.63, 3.8) is 0 Å². The molecule has 0 unspecified atom stereocenters. The van der Waals surface area contributed by atoms with Crippen molar-refractivity contribution in [2.24, 2.45) is 0 Å². The van der Waals surface area contributed by atoms with Gasteiger partial charge in [-0.1, -0.05) is 25.1 Å². The Morgan fingerprint density at radius 2 is 2.23 bits per heavy atom. The Morgan fingerprint density at radius 3 is 2.96 bits per heavy atom. The predicted molar refractivity (Wildman–Crippen MR) is 99.7 cm³/mol. The van der Waals surface area contributed by atoms with Gasteiger partial charge < -0.3 is 9.73 Å². The number of hydrogen-bond donors (Lipinski definition) is 1. The zero-order valence-corrected chi connectivity index (χ0v) is 15.4. The second-order valence-electron chi connectivity index (χ2n) is 5.71. The van der Waals surface area contributed by atoms with Crippen LogP contribution in [-0.4, -0.2) is 38.0 Å². The van der Waals surface area contributed by atoms with Crippen molar-refractivity contribution in [3.05, 3.63) is 48.7 Å². The molecule has 7 nitrogen and oxygen atoms in total. The first-order chi connectivity index (χ1) is 12.8. The van der Waals surface area contributed by atoms with Gasteiger partial charge in [0.2, 0.25) is 5.91 Å². The lowest BCUT2D eigenvalue weighted by atomic mass is 10.2. The summed E-state index contributed by atoms with van der Waals surface area (Å²) in [5.41, 5.74) is 0.866. The van der Waals surface area contributed by atoms with Crippen molar-refractivity contribution in [2.75, 3.05) is 12.3 Å². The normalized spacial score (nSPS) is 10.8. The van der Waals surface area contributed by atoms with Crippen molar-refractivity contribution in [1.82, 2.24) is 25.1 Å². The maximum atomic E-state index is 12.0. The first kappa shape index (κ1) is 18.2. The van der Waals surface area contributed by atoms with E-state index < -0.39 is 0 Å². The van der Waals surface area contributed by atoms with E-state index in [1.807, 2.05) is 28.8 Å². The van der Waals surface area contributed by atoms with Gasteiger partial charge in [-0.3, -0.25) is 14.3 Å². The van der Waals surface area contributed by atoms with E-state index in [9.17, 15) is 4.79 Å². The Hall–Kier alpha value is -2.61. The van der Waals surface area contributed by atoms with Gasteiger partial charge in [-0.2, -0.15) is 0 Å². The Labute approximate surface area is 156 Å². The highest BCUT2D eigenvalue weighted by Crippen LogP contribution is 2.24. The maximum absolute atomic E-state index is 12.0. The highest BCUT2D eigenvalue weighted by molar-refractivity contribution is 7.99. The molecule has 3 aromatic rings. The zero-order chi connectivity index (χ0) is 18.2. The molecule has 8 heteroatoms. The maximum Gasteiger partial charge on any atom is 0.230 e. The third kappa shape index (κ3) is 4.72. The van der Waals surface area contributed by atoms with E-state index in [4.69, 9.17) is 4.42 Å². The molecule has 1 amide bonds. The van der Waals surface area contributed by atoms with Crippen LogP contribution < -0.4 is 5.32 Å². The number of furan rings is 1. The Bertz CT molecular complexity index is 817. The van der Waals surface area contributed by atoms with Gasteiger partial charge in [0.05, 0.1) is 18.6 Å². The molecule has 0 bridgehead atoms. The number of unbranched alkanes of at least 4 members (excludes halogenated alkanes) is 1. The second kappa shape index (κ2) is 9.19. The first-order valence-corrected chi connectivity index (χ1v) is 9.52. The molecule has 3 rings (SSSR count). The minimum atomic E-state index is -0.000994. The van der Waals surface area contributed by atoms with E-state index >= 15 is 0 Å². The summed E-state index contributed by atoms with van der Waals surface area (Å²) in [6, 6.07) is 7.53. The van der Waals surface area contributed by atoms with Crippen molar-refractivity contribution in [3.8, 4) is 11.4 Å². The molecule has 3 aromatic heterocycles. The number of thioether (sulfide) groups is 1. The summed E-state index contributed by atoms with van der Waals surface area (Å²) in [6.07, 6.45) is 7.13. The molecule has 136 valence electrons. The summed E-state index contributed by atoms with van der Waals surface area (Å²) in [7, 11) is 0. The lowest BCUT2D eigenvalue weighted by Crippen LogP contribution is -2.26. The SMILES string of the molecule is CCCCNC(=O)CSc1nnc(-c2cccnc2)n1Cc1ccco1. The van der Waals surface area contributed by atoms with Gasteiger partial charge in [-0.25, -0.2) is 0 Å². The van der Waals surface area contributed by atoms with Crippen molar-refractivity contribution < 1.29 is 9.21 Å². The summed E-state index contributed by atoms with van der Waals surface area (Å²) in [5, 5.41) is 12.2. The van der Waals surface area contributed by atoms with Crippen LogP contribution in [0.25, 0.3) is 11.4 Å². The van der Waals surface area contributed by atoms with E-state index in [0.717, 1.165) is 24.2 Å². The van der Waals surface area contributed by atoms with Crippen LogP contribution in [0.5, 0.6) is 0 Å². The van der Waals surface area contributed by atoms with Crippen LogP contribution in [0.1, 0.15) is 25.5 Å². The van der Waals surface area contributed by atoms with E-state index in [1.54, 1.807) is 18.7 Å². The zero-order valence-electron chi connectivity index (χ0n) is 14.6. The van der Waals surface area contributed by atoms with Gasteiger partial charge in [0.15, 0.2) is 11.0 Å². The van der Waals surface area contributed by atoms with E-state index in [-0.39, 0.29) is 5.91 Å². The molecule has 0 aliphatic heterocycles. The average Bonchev–Trinajstić information content (AvgIpc) is 3.31. The third-order valence-corrected chi connectivity index (χ3v) is 4.68. The molecular formula is C18H21N5O2S. The number of pyridine rings is 1. The minimum Gasteiger partial charge on any atom is -0.467 e. The van der Waals surface area contributed by atoms with Crippen molar-refractivity contribution in [1.29, 1.82) is 0 Å². The lowest BCUT2D eigenvalue weighted by Gasteiger charge is -2.09. The summed E-state index contributed by atoms with van der Waals surface area (Å²) in [4.78, 5) is 16.1. The Balaban J connectivity index is 1.76. The molecule has 0 atom stereocenters. The molecule has 3 heterocycles. The fraction of sp³-hybridized carbons (Fsp3) is 0.333. The van der Waals surface area contributed by atoms with Gasteiger partial charge in [0.25, 0.3) is 0 Å². The molecule has 0 saturated heterocycles. The van der Waals surface area contributed by atoms with E-state index in [2.05, 4.69) is 27.4 Å². The van der Waals surface area contributed by atoms with Crippen molar-refractivity contribution in [2.45, 2.75) is 31.5 Å². The van der Waals surface area contributed by atoms with Gasteiger partial charge >= 0.3 is 0 Å². The van der Waals surface area contributed by atoms with Crippen LogP contribution in [0.3, 0.4) is 0 Å². The number of hydrogen-bond acceptors (Lipinski definition) is 6. The van der Waals surface area contributed by atoms with Crippen LogP contribution >= 0.6 is 11.8 Å². The predicted octanol–water partition coefficient (Wildman–Crippen LogP) is 2.99. The number of nitrogens with zero attached hydrogens (tertiary/aromatic N) is 4. The van der Waals surface area contributed by atoms with E-state index in [1.165, 1.54) is 11.8 Å². The van der Waals surface area contributed by atoms with Crippen molar-refractivity contribution >= 4 is 17.7 Å². The van der Waals surface area contributed by atoms with Crippen LogP contribution in [-0.2, 0) is 11.3 Å². The second-order valence-corrected chi connectivity index (χ2v) is 6.65. The number of nitrogens with one attached hydrogen (secondary N) is 1. The number of carbonyl (C=O) groups excluding carboxylic acids is 1. The highest BCUT2D eigenvalue weighted by atomic mass is 32.2. The molecule has 0 saturated carbocycles. The number of aromatic nitrogens is 4. The third-order valence-electron chi connectivity index (χ3n) is 3.72. The lowest BCUT2D eigenvalue weighted by molar-refractivity contribution is -0.118.